The molecule has 4 aliphatic heterocycles. The Kier molecular flexibility index (Phi) is 2.70. The lowest BCUT2D eigenvalue weighted by molar-refractivity contribution is -0.549. The molecule has 5 bridgehead atoms. The second-order valence-electron chi connectivity index (χ2n) is 8.29. The minimum atomic E-state index is -0.607. The van der Waals surface area contributed by atoms with Gasteiger partial charge in [-0.1, -0.05) is 48.5 Å². The van der Waals surface area contributed by atoms with Crippen LogP contribution in [0.3, 0.4) is 0 Å². The maximum Gasteiger partial charge on any atom is 0.248 e. The third-order valence-electron chi connectivity index (χ3n) is 7.53. The predicted octanol–water partition coefficient (Wildman–Crippen LogP) is 2.94. The molecular formula is C21H21N3O2. The van der Waals surface area contributed by atoms with Crippen molar-refractivity contribution in [2.45, 2.75) is 42.0 Å². The number of likely N-dealkylation sites (N-methyl/N-ethyl adjacent to an activating group) is 2. The first-order valence-corrected chi connectivity index (χ1v) is 9.36. The molecule has 7 rings (SSSR count). The fourth-order valence-electron chi connectivity index (χ4n) is 6.82. The summed E-state index contributed by atoms with van der Waals surface area (Å²) >= 11 is 0. The van der Waals surface area contributed by atoms with Crippen LogP contribution in [-0.4, -0.2) is 46.9 Å². The second kappa shape index (κ2) is 4.72. The Balaban J connectivity index is 1.72. The number of hydrogen-bond acceptors (Lipinski definition) is 4. The normalized spacial score (nSPS) is 39.5. The van der Waals surface area contributed by atoms with Crippen LogP contribution in [0.5, 0.6) is 0 Å². The standard InChI is InChI=1S/C21H21N3O2/c1-22-17-13-9-5-3-7-11(13)16-19-15(17)12-8-4-6-10-14(12)18(23(19)2)21(20(16)22)24(25)26/h3-10,15-21H,1-2H3/t15-,16-,17-,18-,19-,20+,21+/m0/s1. The molecule has 1 aliphatic carbocycles. The van der Waals surface area contributed by atoms with Crippen molar-refractivity contribution in [3.63, 3.8) is 0 Å². The van der Waals surface area contributed by atoms with Gasteiger partial charge in [-0.05, 0) is 36.3 Å². The molecule has 0 amide bonds. The van der Waals surface area contributed by atoms with Gasteiger partial charge in [-0.15, -0.1) is 0 Å². The zero-order valence-electron chi connectivity index (χ0n) is 14.8. The molecule has 0 spiro atoms. The highest BCUT2D eigenvalue weighted by Crippen LogP contribution is 2.65. The van der Waals surface area contributed by atoms with Crippen LogP contribution < -0.4 is 0 Å². The molecule has 5 heteroatoms. The van der Waals surface area contributed by atoms with Crippen molar-refractivity contribution in [2.24, 2.45) is 0 Å². The van der Waals surface area contributed by atoms with E-state index in [9.17, 15) is 10.1 Å². The Labute approximate surface area is 152 Å². The maximum atomic E-state index is 12.3. The molecule has 7 atom stereocenters. The fraction of sp³-hybridized carbons (Fsp3) is 0.429. The number of hydrogen-bond donors (Lipinski definition) is 0. The zero-order chi connectivity index (χ0) is 17.7. The van der Waals surface area contributed by atoms with Crippen LogP contribution in [-0.2, 0) is 0 Å². The average Bonchev–Trinajstić information content (AvgIpc) is 2.64. The van der Waals surface area contributed by atoms with Crippen molar-refractivity contribution in [1.82, 2.24) is 9.80 Å². The van der Waals surface area contributed by atoms with E-state index in [1.807, 2.05) is 6.07 Å². The van der Waals surface area contributed by atoms with Crippen LogP contribution in [0.1, 0.15) is 46.2 Å². The minimum absolute atomic E-state index is 0.0149. The second-order valence-corrected chi connectivity index (χ2v) is 8.29. The van der Waals surface area contributed by atoms with Gasteiger partial charge in [0.15, 0.2) is 0 Å². The fourth-order valence-corrected chi connectivity index (χ4v) is 6.82. The number of piperidine rings is 2. The van der Waals surface area contributed by atoms with Crippen LogP contribution >= 0.6 is 0 Å². The van der Waals surface area contributed by atoms with Crippen LogP contribution in [0.2, 0.25) is 0 Å². The van der Waals surface area contributed by atoms with Crippen LogP contribution in [0.15, 0.2) is 48.5 Å². The van der Waals surface area contributed by atoms with Crippen LogP contribution in [0, 0.1) is 10.1 Å². The van der Waals surface area contributed by atoms with Gasteiger partial charge in [0, 0.05) is 28.8 Å². The summed E-state index contributed by atoms with van der Waals surface area (Å²) in [6.45, 7) is 0. The lowest BCUT2D eigenvalue weighted by Gasteiger charge is -2.67. The molecule has 2 aromatic rings. The van der Waals surface area contributed by atoms with Gasteiger partial charge in [-0.2, -0.15) is 0 Å². The molecule has 4 heterocycles. The van der Waals surface area contributed by atoms with E-state index < -0.39 is 6.04 Å². The third kappa shape index (κ3) is 1.47. The van der Waals surface area contributed by atoms with E-state index in [4.69, 9.17) is 0 Å². The topological polar surface area (TPSA) is 49.6 Å². The van der Waals surface area contributed by atoms with Gasteiger partial charge in [0.25, 0.3) is 0 Å². The molecular weight excluding hydrogens is 326 g/mol. The van der Waals surface area contributed by atoms with Gasteiger partial charge in [-0.3, -0.25) is 19.9 Å². The first-order chi connectivity index (χ1) is 12.6. The Morgan fingerprint density at radius 1 is 0.769 bits per heavy atom. The van der Waals surface area contributed by atoms with E-state index in [1.165, 1.54) is 22.3 Å². The molecule has 0 radical (unpaired) electrons. The highest BCUT2D eigenvalue weighted by Gasteiger charge is 2.68. The third-order valence-corrected chi connectivity index (χ3v) is 7.53. The maximum absolute atomic E-state index is 12.3. The van der Waals surface area contributed by atoms with Crippen molar-refractivity contribution >= 4 is 0 Å². The Hall–Kier alpha value is -2.24. The van der Waals surface area contributed by atoms with Gasteiger partial charge in [-0.25, -0.2) is 0 Å². The van der Waals surface area contributed by atoms with Gasteiger partial charge in [0.2, 0.25) is 6.04 Å². The quantitative estimate of drug-likeness (QED) is 0.588. The van der Waals surface area contributed by atoms with Gasteiger partial charge >= 0.3 is 0 Å². The van der Waals surface area contributed by atoms with Gasteiger partial charge < -0.3 is 0 Å². The minimum Gasteiger partial charge on any atom is -0.289 e. The van der Waals surface area contributed by atoms with Gasteiger partial charge in [0.05, 0.1) is 6.04 Å². The summed E-state index contributed by atoms with van der Waals surface area (Å²) in [6, 6.07) is 16.8. The molecule has 2 aromatic carbocycles. The largest absolute Gasteiger partial charge is 0.289 e. The molecule has 0 N–H and O–H groups in total. The Bertz CT molecular complexity index is 944. The molecule has 0 unspecified atom stereocenters. The molecule has 132 valence electrons. The summed E-state index contributed by atoms with van der Waals surface area (Å²) in [7, 11) is 4.21. The summed E-state index contributed by atoms with van der Waals surface area (Å²) in [5.41, 5.74) is 5.18. The number of nitrogens with zero attached hydrogens (tertiary/aromatic N) is 3. The Morgan fingerprint density at radius 2 is 1.27 bits per heavy atom. The van der Waals surface area contributed by atoms with Crippen molar-refractivity contribution in [3.8, 4) is 0 Å². The molecule has 2 saturated heterocycles. The number of nitro groups is 1. The van der Waals surface area contributed by atoms with E-state index in [0.29, 0.717) is 12.0 Å². The molecule has 0 aromatic heterocycles. The molecule has 5 nitrogen and oxygen atoms in total. The molecule has 5 aliphatic rings. The summed E-state index contributed by atoms with van der Waals surface area (Å²) in [4.78, 5) is 16.9. The molecule has 26 heavy (non-hydrogen) atoms. The zero-order valence-corrected chi connectivity index (χ0v) is 14.8. The number of rotatable bonds is 1. The van der Waals surface area contributed by atoms with Crippen molar-refractivity contribution in [1.29, 1.82) is 0 Å². The lowest BCUT2D eigenvalue weighted by atomic mass is 9.53. The Morgan fingerprint density at radius 3 is 1.88 bits per heavy atom. The van der Waals surface area contributed by atoms with E-state index in [0.717, 1.165) is 0 Å². The van der Waals surface area contributed by atoms with Crippen LogP contribution in [0.4, 0.5) is 0 Å². The summed E-state index contributed by atoms with van der Waals surface area (Å²) in [5.74, 6) is 0.567. The molecule has 2 fully saturated rings. The monoisotopic (exact) mass is 347 g/mol. The summed E-state index contributed by atoms with van der Waals surface area (Å²) < 4.78 is 0. The first kappa shape index (κ1) is 14.9. The van der Waals surface area contributed by atoms with E-state index >= 15 is 0 Å². The lowest BCUT2D eigenvalue weighted by Crippen LogP contribution is -2.73. The van der Waals surface area contributed by atoms with Crippen molar-refractivity contribution in [2.75, 3.05) is 14.1 Å². The van der Waals surface area contributed by atoms with Gasteiger partial charge in [0.1, 0.15) is 6.04 Å². The van der Waals surface area contributed by atoms with E-state index in [-0.39, 0.29) is 29.0 Å². The smallest absolute Gasteiger partial charge is 0.248 e. The van der Waals surface area contributed by atoms with E-state index in [1.54, 1.807) is 0 Å². The number of fused-ring (bicyclic) bond motifs is 3. The summed E-state index contributed by atoms with van der Waals surface area (Å²) in [5, 5.41) is 12.3. The van der Waals surface area contributed by atoms with Crippen LogP contribution in [0.25, 0.3) is 0 Å². The average molecular weight is 347 g/mol. The highest BCUT2D eigenvalue weighted by atomic mass is 16.6. The number of benzene rings is 2. The predicted molar refractivity (Wildman–Crippen MR) is 97.7 cm³/mol. The van der Waals surface area contributed by atoms with Crippen molar-refractivity contribution in [3.05, 3.63) is 80.9 Å². The van der Waals surface area contributed by atoms with E-state index in [2.05, 4.69) is 66.4 Å². The molecule has 0 saturated carbocycles. The first-order valence-electron chi connectivity index (χ1n) is 9.36. The van der Waals surface area contributed by atoms with Crippen molar-refractivity contribution < 1.29 is 4.92 Å². The summed E-state index contributed by atoms with van der Waals surface area (Å²) in [6.07, 6.45) is 0. The SMILES string of the molecule is CN1[C@@H]2[C@H]3c4ccccc4[C@H]1[C@@H]1c4ccccc4[C@@H]([C@H]2[N+](=O)[O-])N(C)[C@@H]13. The highest BCUT2D eigenvalue weighted by molar-refractivity contribution is 5.53.